The number of hydrogen-bond acceptors (Lipinski definition) is 2. The minimum Gasteiger partial charge on any atom is -0.356 e. The van der Waals surface area contributed by atoms with E-state index in [1.165, 1.54) is 11.1 Å². The molecule has 1 aromatic carbocycles. The molecule has 0 aliphatic carbocycles. The van der Waals surface area contributed by atoms with Crippen molar-refractivity contribution in [1.82, 2.24) is 10.6 Å². The summed E-state index contributed by atoms with van der Waals surface area (Å²) in [7, 11) is 0. The molecule has 1 aromatic rings. The molecular weight excluding hydrogens is 296 g/mol. The molecule has 2 N–H and O–H groups in total. The van der Waals surface area contributed by atoms with Crippen molar-refractivity contribution in [2.75, 3.05) is 19.6 Å². The molecule has 0 aromatic heterocycles. The van der Waals surface area contributed by atoms with Crippen LogP contribution in [0.15, 0.2) is 24.3 Å². The fourth-order valence-electron chi connectivity index (χ4n) is 2.81. The minimum absolute atomic E-state index is 0. The summed E-state index contributed by atoms with van der Waals surface area (Å²) >= 11 is 0. The average Bonchev–Trinajstić information content (AvgIpc) is 2.52. The van der Waals surface area contributed by atoms with Crippen LogP contribution in [0.1, 0.15) is 44.2 Å². The lowest BCUT2D eigenvalue weighted by Gasteiger charge is -2.34. The number of piperidine rings is 1. The topological polar surface area (TPSA) is 41.1 Å². The first-order valence-electron chi connectivity index (χ1n) is 8.16. The first kappa shape index (κ1) is 19.0. The summed E-state index contributed by atoms with van der Waals surface area (Å²) in [5.74, 6) is 0.175. The Hall–Kier alpha value is -1.06. The molecule has 1 amide bonds. The third kappa shape index (κ3) is 5.98. The van der Waals surface area contributed by atoms with Crippen molar-refractivity contribution in [2.24, 2.45) is 5.41 Å². The third-order valence-corrected chi connectivity index (χ3v) is 4.59. The highest BCUT2D eigenvalue weighted by atomic mass is 35.5. The molecule has 0 unspecified atom stereocenters. The van der Waals surface area contributed by atoms with Gasteiger partial charge in [-0.25, -0.2) is 0 Å². The van der Waals surface area contributed by atoms with Crippen molar-refractivity contribution in [3.8, 4) is 0 Å². The molecule has 124 valence electrons. The SMILES string of the molecule is CCc1ccc(CCC(=O)NCC2(C)CCNCC2)cc1.Cl. The summed E-state index contributed by atoms with van der Waals surface area (Å²) in [6.45, 7) is 7.37. The lowest BCUT2D eigenvalue weighted by atomic mass is 9.81. The van der Waals surface area contributed by atoms with Crippen LogP contribution in [-0.4, -0.2) is 25.5 Å². The van der Waals surface area contributed by atoms with E-state index in [1.54, 1.807) is 0 Å². The van der Waals surface area contributed by atoms with Gasteiger partial charge in [0.1, 0.15) is 0 Å². The van der Waals surface area contributed by atoms with Crippen LogP contribution in [0, 0.1) is 5.41 Å². The summed E-state index contributed by atoms with van der Waals surface area (Å²) in [5, 5.41) is 6.49. The normalized spacial score (nSPS) is 16.6. The monoisotopic (exact) mass is 324 g/mol. The predicted octanol–water partition coefficient (Wildman–Crippen LogP) is 3.11. The summed E-state index contributed by atoms with van der Waals surface area (Å²) in [5.41, 5.74) is 2.86. The Bertz CT molecular complexity index is 453. The van der Waals surface area contributed by atoms with E-state index in [4.69, 9.17) is 0 Å². The highest BCUT2D eigenvalue weighted by Crippen LogP contribution is 2.26. The van der Waals surface area contributed by atoms with Gasteiger partial charge in [0.25, 0.3) is 0 Å². The average molecular weight is 325 g/mol. The van der Waals surface area contributed by atoms with Crippen LogP contribution in [0.3, 0.4) is 0 Å². The molecule has 1 heterocycles. The van der Waals surface area contributed by atoms with E-state index in [2.05, 4.69) is 48.7 Å². The van der Waals surface area contributed by atoms with Crippen LogP contribution in [0.4, 0.5) is 0 Å². The summed E-state index contributed by atoms with van der Waals surface area (Å²) < 4.78 is 0. The van der Waals surface area contributed by atoms with Crippen LogP contribution in [-0.2, 0) is 17.6 Å². The maximum absolute atomic E-state index is 12.0. The van der Waals surface area contributed by atoms with Gasteiger partial charge in [-0.1, -0.05) is 38.1 Å². The lowest BCUT2D eigenvalue weighted by molar-refractivity contribution is -0.121. The second-order valence-electron chi connectivity index (χ2n) is 6.51. The number of benzene rings is 1. The van der Waals surface area contributed by atoms with E-state index >= 15 is 0 Å². The van der Waals surface area contributed by atoms with Crippen molar-refractivity contribution in [1.29, 1.82) is 0 Å². The Balaban J connectivity index is 0.00000242. The molecule has 1 fully saturated rings. The Morgan fingerprint density at radius 2 is 1.77 bits per heavy atom. The molecule has 0 atom stereocenters. The quantitative estimate of drug-likeness (QED) is 0.844. The fraction of sp³-hybridized carbons (Fsp3) is 0.611. The van der Waals surface area contributed by atoms with E-state index in [0.717, 1.165) is 45.3 Å². The number of amides is 1. The van der Waals surface area contributed by atoms with E-state index in [1.807, 2.05) is 0 Å². The Kier molecular flexibility index (Phi) is 7.91. The van der Waals surface area contributed by atoms with E-state index in [9.17, 15) is 4.79 Å². The Labute approximate surface area is 140 Å². The summed E-state index contributed by atoms with van der Waals surface area (Å²) in [6, 6.07) is 8.59. The van der Waals surface area contributed by atoms with Crippen LogP contribution in [0.2, 0.25) is 0 Å². The Morgan fingerprint density at radius 3 is 2.36 bits per heavy atom. The molecule has 3 nitrogen and oxygen atoms in total. The second-order valence-corrected chi connectivity index (χ2v) is 6.51. The molecular formula is C18H29ClN2O. The largest absolute Gasteiger partial charge is 0.356 e. The summed E-state index contributed by atoms with van der Waals surface area (Å²) in [4.78, 5) is 12.0. The number of hydrogen-bond donors (Lipinski definition) is 2. The lowest BCUT2D eigenvalue weighted by Crippen LogP contribution is -2.42. The van der Waals surface area contributed by atoms with Gasteiger partial charge in [-0.3, -0.25) is 4.79 Å². The number of carbonyl (C=O) groups is 1. The van der Waals surface area contributed by atoms with Crippen molar-refractivity contribution in [2.45, 2.75) is 46.0 Å². The van der Waals surface area contributed by atoms with E-state index in [-0.39, 0.29) is 23.7 Å². The van der Waals surface area contributed by atoms with Crippen molar-refractivity contribution in [3.05, 3.63) is 35.4 Å². The van der Waals surface area contributed by atoms with Gasteiger partial charge in [0.05, 0.1) is 0 Å². The third-order valence-electron chi connectivity index (χ3n) is 4.59. The molecule has 1 aliphatic heterocycles. The molecule has 1 aliphatic rings. The molecule has 1 saturated heterocycles. The number of halogens is 1. The number of nitrogens with one attached hydrogen (secondary N) is 2. The molecule has 4 heteroatoms. The van der Waals surface area contributed by atoms with Crippen LogP contribution in [0.5, 0.6) is 0 Å². The summed E-state index contributed by atoms with van der Waals surface area (Å²) in [6.07, 6.45) is 4.76. The van der Waals surface area contributed by atoms with Crippen molar-refractivity contribution < 1.29 is 4.79 Å². The highest BCUT2D eigenvalue weighted by Gasteiger charge is 2.26. The van der Waals surface area contributed by atoms with Crippen LogP contribution >= 0.6 is 12.4 Å². The molecule has 0 spiro atoms. The standard InChI is InChI=1S/C18H28N2O.ClH/c1-3-15-4-6-16(7-5-15)8-9-17(21)20-14-18(2)10-12-19-13-11-18;/h4-7,19H,3,8-14H2,1-2H3,(H,20,21);1H. The maximum atomic E-state index is 12.0. The number of rotatable bonds is 6. The van der Waals surface area contributed by atoms with Gasteiger partial charge in [0.2, 0.25) is 5.91 Å². The number of carbonyl (C=O) groups excluding carboxylic acids is 1. The first-order chi connectivity index (χ1) is 10.1. The van der Waals surface area contributed by atoms with Gasteiger partial charge < -0.3 is 10.6 Å². The van der Waals surface area contributed by atoms with Gasteiger partial charge >= 0.3 is 0 Å². The van der Waals surface area contributed by atoms with Crippen LogP contribution in [0.25, 0.3) is 0 Å². The molecule has 0 saturated carbocycles. The van der Waals surface area contributed by atoms with Gasteiger partial charge in [0, 0.05) is 13.0 Å². The smallest absolute Gasteiger partial charge is 0.220 e. The van der Waals surface area contributed by atoms with E-state index < -0.39 is 0 Å². The first-order valence-corrected chi connectivity index (χ1v) is 8.16. The second kappa shape index (κ2) is 9.16. The fourth-order valence-corrected chi connectivity index (χ4v) is 2.81. The predicted molar refractivity (Wildman–Crippen MR) is 94.6 cm³/mol. The molecule has 0 radical (unpaired) electrons. The zero-order valence-corrected chi connectivity index (χ0v) is 14.6. The van der Waals surface area contributed by atoms with Gasteiger partial charge in [-0.15, -0.1) is 12.4 Å². The van der Waals surface area contributed by atoms with Crippen molar-refractivity contribution >= 4 is 18.3 Å². The van der Waals surface area contributed by atoms with Gasteiger partial charge in [-0.2, -0.15) is 0 Å². The Morgan fingerprint density at radius 1 is 1.18 bits per heavy atom. The van der Waals surface area contributed by atoms with E-state index in [0.29, 0.717) is 6.42 Å². The number of aryl methyl sites for hydroxylation is 2. The minimum atomic E-state index is 0. The zero-order chi connectivity index (χ0) is 15.1. The van der Waals surface area contributed by atoms with Crippen molar-refractivity contribution in [3.63, 3.8) is 0 Å². The van der Waals surface area contributed by atoms with Gasteiger partial charge in [0.15, 0.2) is 0 Å². The molecule has 0 bridgehead atoms. The zero-order valence-electron chi connectivity index (χ0n) is 13.8. The molecule has 2 rings (SSSR count). The van der Waals surface area contributed by atoms with Crippen LogP contribution < -0.4 is 10.6 Å². The highest BCUT2D eigenvalue weighted by molar-refractivity contribution is 5.85. The molecule has 22 heavy (non-hydrogen) atoms. The van der Waals surface area contributed by atoms with Gasteiger partial charge in [-0.05, 0) is 55.3 Å². The maximum Gasteiger partial charge on any atom is 0.220 e.